The molecule has 1 atom stereocenters. The molecule has 1 saturated heterocycles. The standard InChI is InChI=1S/C16H24N2O3/c1-3-14(18-7-9-20-10-8-18)16(19)12-5-6-15(21-4-2)13(17)11-12/h5-6,11,14H,3-4,7-10,17H2,1-2H3. The molecule has 1 unspecified atom stereocenters. The number of nitrogen functional groups attached to an aromatic ring is 1. The van der Waals surface area contributed by atoms with Crippen molar-refractivity contribution in [1.29, 1.82) is 0 Å². The maximum absolute atomic E-state index is 12.7. The van der Waals surface area contributed by atoms with Crippen LogP contribution in [0.15, 0.2) is 18.2 Å². The molecule has 5 nitrogen and oxygen atoms in total. The molecular formula is C16H24N2O3. The van der Waals surface area contributed by atoms with E-state index < -0.39 is 0 Å². The lowest BCUT2D eigenvalue weighted by Gasteiger charge is -2.33. The molecule has 2 rings (SSSR count). The fraction of sp³-hybridized carbons (Fsp3) is 0.562. The minimum atomic E-state index is -0.105. The van der Waals surface area contributed by atoms with Gasteiger partial charge in [0.15, 0.2) is 5.78 Å². The summed E-state index contributed by atoms with van der Waals surface area (Å²) in [6, 6.07) is 5.19. The average molecular weight is 292 g/mol. The van der Waals surface area contributed by atoms with Crippen molar-refractivity contribution in [3.63, 3.8) is 0 Å². The van der Waals surface area contributed by atoms with Gasteiger partial charge in [-0.25, -0.2) is 0 Å². The maximum atomic E-state index is 12.7. The molecule has 1 aliphatic heterocycles. The molecule has 5 heteroatoms. The van der Waals surface area contributed by atoms with Gasteiger partial charge in [0.2, 0.25) is 0 Å². The van der Waals surface area contributed by atoms with Crippen LogP contribution in [0.4, 0.5) is 5.69 Å². The monoisotopic (exact) mass is 292 g/mol. The van der Waals surface area contributed by atoms with Gasteiger partial charge in [-0.2, -0.15) is 0 Å². The number of carbonyl (C=O) groups excluding carboxylic acids is 1. The van der Waals surface area contributed by atoms with Gasteiger partial charge < -0.3 is 15.2 Å². The molecular weight excluding hydrogens is 268 g/mol. The van der Waals surface area contributed by atoms with Crippen molar-refractivity contribution in [3.8, 4) is 5.75 Å². The molecule has 1 aromatic carbocycles. The summed E-state index contributed by atoms with van der Waals surface area (Å²) in [4.78, 5) is 14.9. The molecule has 1 fully saturated rings. The Balaban J connectivity index is 2.15. The Morgan fingerprint density at radius 2 is 2.10 bits per heavy atom. The summed E-state index contributed by atoms with van der Waals surface area (Å²) in [5.74, 6) is 0.752. The summed E-state index contributed by atoms with van der Waals surface area (Å²) in [5.41, 5.74) is 7.12. The summed E-state index contributed by atoms with van der Waals surface area (Å²) in [6.45, 7) is 7.49. The van der Waals surface area contributed by atoms with Gasteiger partial charge in [0.25, 0.3) is 0 Å². The fourth-order valence-electron chi connectivity index (χ4n) is 2.68. The lowest BCUT2D eigenvalue weighted by atomic mass is 9.99. The third kappa shape index (κ3) is 3.74. The van der Waals surface area contributed by atoms with E-state index >= 15 is 0 Å². The van der Waals surface area contributed by atoms with Gasteiger partial charge in [0, 0.05) is 18.7 Å². The number of hydrogen-bond acceptors (Lipinski definition) is 5. The highest BCUT2D eigenvalue weighted by atomic mass is 16.5. The van der Waals surface area contributed by atoms with Crippen molar-refractivity contribution in [3.05, 3.63) is 23.8 Å². The van der Waals surface area contributed by atoms with Crippen LogP contribution in [-0.4, -0.2) is 49.6 Å². The molecule has 0 amide bonds. The van der Waals surface area contributed by atoms with E-state index in [1.54, 1.807) is 18.2 Å². The van der Waals surface area contributed by atoms with Crippen molar-refractivity contribution >= 4 is 11.5 Å². The number of Topliss-reactive ketones (excluding diaryl/α,β-unsaturated/α-hetero) is 1. The second kappa shape index (κ2) is 7.43. The summed E-state index contributed by atoms with van der Waals surface area (Å²) >= 11 is 0. The van der Waals surface area contributed by atoms with Gasteiger partial charge in [-0.3, -0.25) is 9.69 Å². The Kier molecular flexibility index (Phi) is 5.59. The largest absolute Gasteiger partial charge is 0.492 e. The number of nitrogens with zero attached hydrogens (tertiary/aromatic N) is 1. The van der Waals surface area contributed by atoms with Crippen LogP contribution in [0.1, 0.15) is 30.6 Å². The van der Waals surface area contributed by atoms with Gasteiger partial charge in [-0.05, 0) is 31.5 Å². The first-order valence-corrected chi connectivity index (χ1v) is 7.55. The molecule has 0 aromatic heterocycles. The first-order valence-electron chi connectivity index (χ1n) is 7.55. The number of ether oxygens (including phenoxy) is 2. The number of carbonyl (C=O) groups is 1. The first-order chi connectivity index (χ1) is 10.2. The smallest absolute Gasteiger partial charge is 0.180 e. The van der Waals surface area contributed by atoms with Gasteiger partial charge in [-0.1, -0.05) is 6.92 Å². The zero-order valence-corrected chi connectivity index (χ0v) is 12.8. The van der Waals surface area contributed by atoms with Gasteiger partial charge in [-0.15, -0.1) is 0 Å². The Morgan fingerprint density at radius 3 is 2.67 bits per heavy atom. The second-order valence-corrected chi connectivity index (χ2v) is 5.12. The maximum Gasteiger partial charge on any atom is 0.180 e. The van der Waals surface area contributed by atoms with Crippen LogP contribution in [0.25, 0.3) is 0 Å². The van der Waals surface area contributed by atoms with E-state index in [2.05, 4.69) is 4.90 Å². The number of rotatable bonds is 6. The summed E-state index contributed by atoms with van der Waals surface area (Å²) in [6.07, 6.45) is 0.784. The van der Waals surface area contributed by atoms with E-state index in [-0.39, 0.29) is 11.8 Å². The fourth-order valence-corrected chi connectivity index (χ4v) is 2.68. The topological polar surface area (TPSA) is 64.8 Å². The Hall–Kier alpha value is -1.59. The van der Waals surface area contributed by atoms with Crippen molar-refractivity contribution in [2.24, 2.45) is 0 Å². The highest BCUT2D eigenvalue weighted by molar-refractivity contribution is 6.01. The molecule has 1 aromatic rings. The van der Waals surface area contributed by atoms with Crippen LogP contribution < -0.4 is 10.5 Å². The van der Waals surface area contributed by atoms with Crippen LogP contribution in [0.5, 0.6) is 5.75 Å². The van der Waals surface area contributed by atoms with Gasteiger partial charge in [0.1, 0.15) is 5.75 Å². The Labute approximate surface area is 126 Å². The summed E-state index contributed by atoms with van der Waals surface area (Å²) in [5, 5.41) is 0. The van der Waals surface area contributed by atoms with E-state index in [0.29, 0.717) is 36.8 Å². The third-order valence-corrected chi connectivity index (χ3v) is 3.77. The van der Waals surface area contributed by atoms with Gasteiger partial charge in [0.05, 0.1) is 31.5 Å². The van der Waals surface area contributed by atoms with E-state index in [1.165, 1.54) is 0 Å². The summed E-state index contributed by atoms with van der Waals surface area (Å²) < 4.78 is 10.8. The van der Waals surface area contributed by atoms with Crippen LogP contribution >= 0.6 is 0 Å². The number of benzene rings is 1. The van der Waals surface area contributed by atoms with Crippen molar-refractivity contribution < 1.29 is 14.3 Å². The number of morpholine rings is 1. The minimum absolute atomic E-state index is 0.105. The minimum Gasteiger partial charge on any atom is -0.492 e. The van der Waals surface area contributed by atoms with E-state index in [0.717, 1.165) is 19.5 Å². The molecule has 21 heavy (non-hydrogen) atoms. The lowest BCUT2D eigenvalue weighted by Crippen LogP contribution is -2.47. The SMILES string of the molecule is CCOc1ccc(C(=O)C(CC)N2CCOCC2)cc1N. The third-order valence-electron chi connectivity index (χ3n) is 3.77. The molecule has 0 bridgehead atoms. The highest BCUT2D eigenvalue weighted by Crippen LogP contribution is 2.24. The van der Waals surface area contributed by atoms with Crippen LogP contribution in [-0.2, 0) is 4.74 Å². The Morgan fingerprint density at radius 1 is 1.38 bits per heavy atom. The van der Waals surface area contributed by atoms with E-state index in [4.69, 9.17) is 15.2 Å². The predicted octanol–water partition coefficient (Wildman–Crippen LogP) is 1.96. The van der Waals surface area contributed by atoms with Gasteiger partial charge >= 0.3 is 0 Å². The first kappa shape index (κ1) is 15.8. The zero-order chi connectivity index (χ0) is 15.2. The highest BCUT2D eigenvalue weighted by Gasteiger charge is 2.27. The quantitative estimate of drug-likeness (QED) is 0.641. The van der Waals surface area contributed by atoms with E-state index in [9.17, 15) is 4.79 Å². The molecule has 116 valence electrons. The second-order valence-electron chi connectivity index (χ2n) is 5.12. The predicted molar refractivity (Wildman–Crippen MR) is 82.8 cm³/mol. The lowest BCUT2D eigenvalue weighted by molar-refractivity contribution is 0.0170. The number of hydrogen-bond donors (Lipinski definition) is 1. The molecule has 0 saturated carbocycles. The molecule has 2 N–H and O–H groups in total. The number of nitrogens with two attached hydrogens (primary N) is 1. The normalized spacial score (nSPS) is 17.4. The number of ketones is 1. The zero-order valence-electron chi connectivity index (χ0n) is 12.8. The van der Waals surface area contributed by atoms with Crippen molar-refractivity contribution in [2.75, 3.05) is 38.6 Å². The average Bonchev–Trinajstić information content (AvgIpc) is 2.51. The summed E-state index contributed by atoms with van der Waals surface area (Å²) in [7, 11) is 0. The number of anilines is 1. The molecule has 1 heterocycles. The molecule has 0 aliphatic carbocycles. The van der Waals surface area contributed by atoms with E-state index in [1.807, 2.05) is 13.8 Å². The Bertz CT molecular complexity index is 484. The molecule has 0 spiro atoms. The van der Waals surface area contributed by atoms with Crippen molar-refractivity contribution in [1.82, 2.24) is 4.90 Å². The molecule has 0 radical (unpaired) electrons. The van der Waals surface area contributed by atoms with Crippen molar-refractivity contribution in [2.45, 2.75) is 26.3 Å². The van der Waals surface area contributed by atoms with Crippen LogP contribution in [0.3, 0.4) is 0 Å². The van der Waals surface area contributed by atoms with Crippen LogP contribution in [0, 0.1) is 0 Å². The molecule has 1 aliphatic rings. The van der Waals surface area contributed by atoms with Crippen LogP contribution in [0.2, 0.25) is 0 Å².